The molecule has 9 heteroatoms. The maximum atomic E-state index is 12.2. The average molecular weight is 374 g/mol. The SMILES string of the molecule is COC(=O)CNC(=O)[C@H](CCC(=O)OC(C)(C)C)NC(=O)OC(C)(C)C. The van der Waals surface area contributed by atoms with Crippen molar-refractivity contribution in [2.24, 2.45) is 0 Å². The lowest BCUT2D eigenvalue weighted by Crippen LogP contribution is -2.49. The van der Waals surface area contributed by atoms with Crippen molar-refractivity contribution in [1.29, 1.82) is 0 Å². The highest BCUT2D eigenvalue weighted by atomic mass is 16.6. The van der Waals surface area contributed by atoms with Crippen molar-refractivity contribution < 1.29 is 33.4 Å². The van der Waals surface area contributed by atoms with E-state index in [1.807, 2.05) is 0 Å². The molecule has 0 aliphatic heterocycles. The van der Waals surface area contributed by atoms with E-state index in [2.05, 4.69) is 15.4 Å². The molecule has 0 saturated heterocycles. The van der Waals surface area contributed by atoms with Crippen LogP contribution in [0, 0.1) is 0 Å². The molecule has 0 saturated carbocycles. The Kier molecular flexibility index (Phi) is 9.09. The molecule has 0 spiro atoms. The fourth-order valence-electron chi connectivity index (χ4n) is 1.73. The largest absolute Gasteiger partial charge is 0.468 e. The predicted molar refractivity (Wildman–Crippen MR) is 93.3 cm³/mol. The van der Waals surface area contributed by atoms with Gasteiger partial charge >= 0.3 is 18.0 Å². The molecule has 0 aliphatic rings. The second kappa shape index (κ2) is 9.98. The Bertz CT molecular complexity index is 518. The third kappa shape index (κ3) is 12.1. The van der Waals surface area contributed by atoms with E-state index in [-0.39, 0.29) is 19.4 Å². The van der Waals surface area contributed by atoms with Crippen LogP contribution in [0.5, 0.6) is 0 Å². The van der Waals surface area contributed by atoms with Gasteiger partial charge in [-0.25, -0.2) is 4.79 Å². The van der Waals surface area contributed by atoms with Crippen molar-refractivity contribution in [2.75, 3.05) is 13.7 Å². The number of methoxy groups -OCH3 is 1. The van der Waals surface area contributed by atoms with Gasteiger partial charge in [0.2, 0.25) is 5.91 Å². The van der Waals surface area contributed by atoms with Crippen molar-refractivity contribution >= 4 is 23.9 Å². The van der Waals surface area contributed by atoms with Crippen molar-refractivity contribution in [3.63, 3.8) is 0 Å². The number of rotatable bonds is 7. The summed E-state index contributed by atoms with van der Waals surface area (Å²) >= 11 is 0. The molecular weight excluding hydrogens is 344 g/mol. The van der Waals surface area contributed by atoms with Crippen molar-refractivity contribution in [1.82, 2.24) is 10.6 Å². The molecule has 0 aromatic carbocycles. The van der Waals surface area contributed by atoms with E-state index in [9.17, 15) is 19.2 Å². The second-order valence-corrected chi connectivity index (χ2v) is 7.62. The average Bonchev–Trinajstić information content (AvgIpc) is 2.44. The number of hydrogen-bond donors (Lipinski definition) is 2. The number of nitrogens with one attached hydrogen (secondary N) is 2. The third-order valence-electron chi connectivity index (χ3n) is 2.70. The maximum Gasteiger partial charge on any atom is 0.408 e. The summed E-state index contributed by atoms with van der Waals surface area (Å²) in [5.74, 6) is -1.78. The Labute approximate surface area is 154 Å². The van der Waals surface area contributed by atoms with Gasteiger partial charge in [-0.1, -0.05) is 0 Å². The van der Waals surface area contributed by atoms with Crippen LogP contribution < -0.4 is 10.6 Å². The number of amides is 2. The van der Waals surface area contributed by atoms with Crippen LogP contribution >= 0.6 is 0 Å². The molecular formula is C17H30N2O7. The molecule has 1 atom stereocenters. The van der Waals surface area contributed by atoms with E-state index < -0.39 is 41.2 Å². The summed E-state index contributed by atoms with van der Waals surface area (Å²) in [5.41, 5.74) is -1.40. The van der Waals surface area contributed by atoms with Crippen LogP contribution in [0.4, 0.5) is 4.79 Å². The van der Waals surface area contributed by atoms with Crippen LogP contribution in [-0.4, -0.2) is 54.8 Å². The molecule has 0 aliphatic carbocycles. The molecule has 0 fully saturated rings. The first kappa shape index (κ1) is 23.7. The third-order valence-corrected chi connectivity index (χ3v) is 2.70. The molecule has 0 unspecified atom stereocenters. The zero-order valence-electron chi connectivity index (χ0n) is 16.6. The zero-order chi connectivity index (χ0) is 20.5. The van der Waals surface area contributed by atoms with Crippen LogP contribution in [0.2, 0.25) is 0 Å². The summed E-state index contributed by atoms with van der Waals surface area (Å²) in [6.45, 7) is 9.87. The molecule has 26 heavy (non-hydrogen) atoms. The standard InChI is InChI=1S/C17H30N2O7/c1-16(2,3)25-12(20)9-8-11(14(22)18-10-13(21)24-7)19-15(23)26-17(4,5)6/h11H,8-10H2,1-7H3,(H,18,22)(H,19,23)/t11-/m0/s1. The van der Waals surface area contributed by atoms with Crippen LogP contribution in [0.25, 0.3) is 0 Å². The number of esters is 2. The van der Waals surface area contributed by atoms with Crippen LogP contribution in [0.3, 0.4) is 0 Å². The number of carbonyl (C=O) groups is 4. The van der Waals surface area contributed by atoms with E-state index in [0.717, 1.165) is 0 Å². The van der Waals surface area contributed by atoms with Crippen molar-refractivity contribution in [2.45, 2.75) is 71.6 Å². The van der Waals surface area contributed by atoms with Gasteiger partial charge in [0, 0.05) is 6.42 Å². The smallest absolute Gasteiger partial charge is 0.408 e. The quantitative estimate of drug-likeness (QED) is 0.509. The first-order chi connectivity index (χ1) is 11.7. The van der Waals surface area contributed by atoms with Gasteiger partial charge in [-0.2, -0.15) is 0 Å². The molecule has 0 aromatic rings. The van der Waals surface area contributed by atoms with E-state index in [1.165, 1.54) is 7.11 Å². The molecule has 0 heterocycles. The Hall–Kier alpha value is -2.32. The van der Waals surface area contributed by atoms with Gasteiger partial charge in [0.1, 0.15) is 23.8 Å². The minimum absolute atomic E-state index is 0.0127. The van der Waals surface area contributed by atoms with Crippen LogP contribution in [-0.2, 0) is 28.6 Å². The first-order valence-corrected chi connectivity index (χ1v) is 8.29. The minimum Gasteiger partial charge on any atom is -0.468 e. The van der Waals surface area contributed by atoms with Crippen molar-refractivity contribution in [3.8, 4) is 0 Å². The minimum atomic E-state index is -1.07. The van der Waals surface area contributed by atoms with Gasteiger partial charge in [-0.3, -0.25) is 14.4 Å². The van der Waals surface area contributed by atoms with E-state index >= 15 is 0 Å². The van der Waals surface area contributed by atoms with Gasteiger partial charge in [-0.15, -0.1) is 0 Å². The van der Waals surface area contributed by atoms with E-state index in [0.29, 0.717) is 0 Å². The summed E-state index contributed by atoms with van der Waals surface area (Å²) in [6.07, 6.45) is -0.912. The van der Waals surface area contributed by atoms with Gasteiger partial charge in [-0.05, 0) is 48.0 Å². The molecule has 0 rings (SSSR count). The Balaban J connectivity index is 4.87. The fourth-order valence-corrected chi connectivity index (χ4v) is 1.73. The molecule has 2 amide bonds. The van der Waals surface area contributed by atoms with Crippen LogP contribution in [0.1, 0.15) is 54.4 Å². The highest BCUT2D eigenvalue weighted by Crippen LogP contribution is 2.11. The number of carbonyl (C=O) groups excluding carboxylic acids is 4. The molecule has 0 aromatic heterocycles. The van der Waals surface area contributed by atoms with Gasteiger partial charge in [0.05, 0.1) is 7.11 Å². The summed E-state index contributed by atoms with van der Waals surface area (Å²) < 4.78 is 14.7. The monoisotopic (exact) mass is 374 g/mol. The highest BCUT2D eigenvalue weighted by molar-refractivity contribution is 5.88. The topological polar surface area (TPSA) is 120 Å². The predicted octanol–water partition coefficient (Wildman–Crippen LogP) is 1.29. The van der Waals surface area contributed by atoms with Crippen LogP contribution in [0.15, 0.2) is 0 Å². The molecule has 150 valence electrons. The summed E-state index contributed by atoms with van der Waals surface area (Å²) in [5, 5.41) is 4.74. The fraction of sp³-hybridized carbons (Fsp3) is 0.765. The molecule has 0 radical (unpaired) electrons. The summed E-state index contributed by atoms with van der Waals surface area (Å²) in [4.78, 5) is 47.1. The number of alkyl carbamates (subject to hydrolysis) is 1. The number of hydrogen-bond acceptors (Lipinski definition) is 7. The second-order valence-electron chi connectivity index (χ2n) is 7.62. The lowest BCUT2D eigenvalue weighted by molar-refractivity contribution is -0.155. The summed E-state index contributed by atoms with van der Waals surface area (Å²) in [7, 11) is 1.19. The Morgan fingerprint density at radius 3 is 1.88 bits per heavy atom. The molecule has 0 bridgehead atoms. The van der Waals surface area contributed by atoms with E-state index in [1.54, 1.807) is 41.5 Å². The lowest BCUT2D eigenvalue weighted by atomic mass is 10.1. The molecule has 2 N–H and O–H groups in total. The highest BCUT2D eigenvalue weighted by Gasteiger charge is 2.26. The van der Waals surface area contributed by atoms with Gasteiger partial charge < -0.3 is 24.8 Å². The molecule has 9 nitrogen and oxygen atoms in total. The Morgan fingerprint density at radius 2 is 1.42 bits per heavy atom. The lowest BCUT2D eigenvalue weighted by Gasteiger charge is -2.24. The zero-order valence-corrected chi connectivity index (χ0v) is 16.6. The van der Waals surface area contributed by atoms with E-state index in [4.69, 9.17) is 9.47 Å². The van der Waals surface area contributed by atoms with Crippen molar-refractivity contribution in [3.05, 3.63) is 0 Å². The van der Waals surface area contributed by atoms with Gasteiger partial charge in [0.25, 0.3) is 0 Å². The Morgan fingerprint density at radius 1 is 0.885 bits per heavy atom. The number of ether oxygens (including phenoxy) is 3. The normalized spacial score (nSPS) is 12.6. The van der Waals surface area contributed by atoms with Gasteiger partial charge in [0.15, 0.2) is 0 Å². The first-order valence-electron chi connectivity index (χ1n) is 8.29. The maximum absolute atomic E-state index is 12.2. The summed E-state index contributed by atoms with van der Waals surface area (Å²) in [6, 6.07) is -1.07.